The van der Waals surface area contributed by atoms with Crippen LogP contribution in [0.3, 0.4) is 0 Å². The Balaban J connectivity index is 2.37. The van der Waals surface area contributed by atoms with Crippen LogP contribution in [-0.4, -0.2) is 29.3 Å². The summed E-state index contributed by atoms with van der Waals surface area (Å²) in [7, 11) is -4.53. The largest absolute Gasteiger partial charge is 0.416 e. The number of thioether (sulfide) groups is 1. The zero-order chi connectivity index (χ0) is 15.1. The standard InChI is InChI=1S/C10H8F3NO4S2/c11-10(12,13)6-1-3-7(4-2-6)14-8(15)5-19-9(14)20(16,17)18/h1-4,9H,5H2,(H,16,17,18). The number of benzene rings is 1. The van der Waals surface area contributed by atoms with Gasteiger partial charge >= 0.3 is 6.18 Å². The molecule has 1 saturated heterocycles. The van der Waals surface area contributed by atoms with E-state index in [9.17, 15) is 26.4 Å². The SMILES string of the molecule is O=C1CSC(S(=O)(=O)O)N1c1ccc(C(F)(F)F)cc1. The van der Waals surface area contributed by atoms with E-state index in [1.165, 1.54) is 0 Å². The molecule has 1 N–H and O–H groups in total. The second-order valence-electron chi connectivity index (χ2n) is 3.94. The smallest absolute Gasteiger partial charge is 0.283 e. The molecule has 0 aromatic heterocycles. The third-order valence-corrected chi connectivity index (χ3v) is 5.32. The van der Waals surface area contributed by atoms with Gasteiger partial charge in [-0.2, -0.15) is 21.6 Å². The Morgan fingerprint density at radius 2 is 1.80 bits per heavy atom. The summed E-state index contributed by atoms with van der Waals surface area (Å²) in [4.78, 5) is 12.4. The number of halogens is 3. The van der Waals surface area contributed by atoms with Crippen LogP contribution in [0.2, 0.25) is 0 Å². The van der Waals surface area contributed by atoms with Crippen LogP contribution in [0.15, 0.2) is 24.3 Å². The van der Waals surface area contributed by atoms with E-state index < -0.39 is 32.5 Å². The van der Waals surface area contributed by atoms with Gasteiger partial charge in [0.1, 0.15) is 0 Å². The molecule has 5 nitrogen and oxygen atoms in total. The Kier molecular flexibility index (Phi) is 3.73. The molecule has 10 heteroatoms. The van der Waals surface area contributed by atoms with E-state index in [-0.39, 0.29) is 11.4 Å². The highest BCUT2D eigenvalue weighted by Crippen LogP contribution is 2.35. The first kappa shape index (κ1) is 15.1. The molecule has 2 rings (SSSR count). The van der Waals surface area contributed by atoms with E-state index in [0.29, 0.717) is 11.8 Å². The van der Waals surface area contributed by atoms with Crippen molar-refractivity contribution >= 4 is 33.5 Å². The molecule has 1 fully saturated rings. The molecule has 0 spiro atoms. The monoisotopic (exact) mass is 327 g/mol. The number of carbonyl (C=O) groups is 1. The van der Waals surface area contributed by atoms with Crippen molar-refractivity contribution in [1.29, 1.82) is 0 Å². The maximum Gasteiger partial charge on any atom is 0.416 e. The van der Waals surface area contributed by atoms with Crippen molar-refractivity contribution in [3.8, 4) is 0 Å². The van der Waals surface area contributed by atoms with Crippen molar-refractivity contribution in [3.63, 3.8) is 0 Å². The van der Waals surface area contributed by atoms with Gasteiger partial charge in [-0.05, 0) is 24.3 Å². The minimum Gasteiger partial charge on any atom is -0.283 e. The van der Waals surface area contributed by atoms with E-state index in [0.717, 1.165) is 29.2 Å². The zero-order valence-corrected chi connectivity index (χ0v) is 11.3. The molecular weight excluding hydrogens is 319 g/mol. The number of nitrogens with zero attached hydrogens (tertiary/aromatic N) is 1. The van der Waals surface area contributed by atoms with Crippen LogP contribution in [0, 0.1) is 0 Å². The Bertz CT molecular complexity index is 627. The second-order valence-corrected chi connectivity index (χ2v) is 6.78. The van der Waals surface area contributed by atoms with Gasteiger partial charge < -0.3 is 0 Å². The van der Waals surface area contributed by atoms with E-state index in [2.05, 4.69) is 0 Å². The van der Waals surface area contributed by atoms with Gasteiger partial charge in [0.05, 0.1) is 11.3 Å². The molecule has 0 saturated carbocycles. The molecular formula is C10H8F3NO4S2. The Hall–Kier alpha value is -1.26. The highest BCUT2D eigenvalue weighted by Gasteiger charge is 2.41. The number of hydrogen-bond donors (Lipinski definition) is 1. The fraction of sp³-hybridized carbons (Fsp3) is 0.300. The summed E-state index contributed by atoms with van der Waals surface area (Å²) in [5.41, 5.74) is -0.931. The van der Waals surface area contributed by atoms with E-state index in [1.54, 1.807) is 0 Å². The summed E-state index contributed by atoms with van der Waals surface area (Å²) in [5, 5.41) is 0. The number of anilines is 1. The van der Waals surface area contributed by atoms with Gasteiger partial charge in [0, 0.05) is 5.69 Å². The van der Waals surface area contributed by atoms with E-state index in [1.807, 2.05) is 0 Å². The van der Waals surface area contributed by atoms with Gasteiger partial charge in [0.25, 0.3) is 10.1 Å². The van der Waals surface area contributed by atoms with E-state index in [4.69, 9.17) is 4.55 Å². The van der Waals surface area contributed by atoms with Crippen LogP contribution < -0.4 is 4.90 Å². The predicted octanol–water partition coefficient (Wildman–Crippen LogP) is 1.96. The molecule has 0 aliphatic carbocycles. The lowest BCUT2D eigenvalue weighted by Crippen LogP contribution is -2.37. The van der Waals surface area contributed by atoms with E-state index >= 15 is 0 Å². The van der Waals surface area contributed by atoms with Crippen LogP contribution in [0.4, 0.5) is 18.9 Å². The molecule has 1 aliphatic rings. The predicted molar refractivity (Wildman–Crippen MR) is 66.7 cm³/mol. The van der Waals surface area contributed by atoms with Gasteiger partial charge in [0.2, 0.25) is 10.6 Å². The van der Waals surface area contributed by atoms with Gasteiger partial charge in [0.15, 0.2) is 0 Å². The van der Waals surface area contributed by atoms with Gasteiger partial charge in [-0.1, -0.05) is 0 Å². The average molecular weight is 327 g/mol. The Morgan fingerprint density at radius 3 is 2.25 bits per heavy atom. The van der Waals surface area contributed by atoms with Crippen LogP contribution in [0.5, 0.6) is 0 Å². The van der Waals surface area contributed by atoms with Gasteiger partial charge in [-0.25, -0.2) is 0 Å². The molecule has 0 radical (unpaired) electrons. The Morgan fingerprint density at radius 1 is 1.25 bits per heavy atom. The molecule has 1 atom stereocenters. The lowest BCUT2D eigenvalue weighted by molar-refractivity contribution is -0.137. The Labute approximate surface area is 116 Å². The summed E-state index contributed by atoms with van der Waals surface area (Å²) in [6.07, 6.45) is -4.52. The highest BCUT2D eigenvalue weighted by molar-refractivity contribution is 8.12. The number of amides is 1. The normalized spacial score (nSPS) is 20.5. The fourth-order valence-electron chi connectivity index (χ4n) is 1.70. The van der Waals surface area contributed by atoms with Gasteiger partial charge in [-0.3, -0.25) is 14.2 Å². The summed E-state index contributed by atoms with van der Waals surface area (Å²) in [5.74, 6) is -0.775. The van der Waals surface area contributed by atoms with Crippen molar-refractivity contribution < 1.29 is 30.9 Å². The zero-order valence-electron chi connectivity index (χ0n) is 9.66. The third kappa shape index (κ3) is 2.91. The van der Waals surface area contributed by atoms with Crippen molar-refractivity contribution in [1.82, 2.24) is 0 Å². The number of hydrogen-bond acceptors (Lipinski definition) is 4. The number of rotatable bonds is 2. The van der Waals surface area contributed by atoms with Crippen LogP contribution in [0.1, 0.15) is 5.56 Å². The average Bonchev–Trinajstić information content (AvgIpc) is 2.70. The molecule has 110 valence electrons. The van der Waals surface area contributed by atoms with Crippen molar-refractivity contribution in [2.45, 2.75) is 10.9 Å². The number of alkyl halides is 3. The lowest BCUT2D eigenvalue weighted by atomic mass is 10.2. The molecule has 1 aromatic carbocycles. The third-order valence-electron chi connectivity index (χ3n) is 2.56. The second kappa shape index (κ2) is 4.93. The summed E-state index contributed by atoms with van der Waals surface area (Å²) >= 11 is 0.686. The van der Waals surface area contributed by atoms with Crippen molar-refractivity contribution in [2.24, 2.45) is 0 Å². The molecule has 1 aromatic rings. The highest BCUT2D eigenvalue weighted by atomic mass is 32.3. The number of carbonyl (C=O) groups excluding carboxylic acids is 1. The van der Waals surface area contributed by atoms with Gasteiger partial charge in [-0.15, -0.1) is 11.8 Å². The first-order chi connectivity index (χ1) is 9.10. The molecule has 20 heavy (non-hydrogen) atoms. The van der Waals surface area contributed by atoms with Crippen LogP contribution in [-0.2, 0) is 21.1 Å². The maximum atomic E-state index is 12.4. The summed E-state index contributed by atoms with van der Waals surface area (Å²) in [6.45, 7) is 0. The van der Waals surface area contributed by atoms with Crippen LogP contribution >= 0.6 is 11.8 Å². The first-order valence-electron chi connectivity index (χ1n) is 5.18. The summed E-state index contributed by atoms with van der Waals surface area (Å²) < 4.78 is 67.0. The first-order valence-corrected chi connectivity index (χ1v) is 7.73. The molecule has 1 unspecified atom stereocenters. The quantitative estimate of drug-likeness (QED) is 0.841. The van der Waals surface area contributed by atoms with Crippen LogP contribution in [0.25, 0.3) is 0 Å². The molecule has 1 heterocycles. The maximum absolute atomic E-state index is 12.4. The van der Waals surface area contributed by atoms with Crippen molar-refractivity contribution in [2.75, 3.05) is 10.7 Å². The summed E-state index contributed by atoms with van der Waals surface area (Å²) in [6, 6.07) is 3.47. The topological polar surface area (TPSA) is 74.7 Å². The molecule has 0 bridgehead atoms. The molecule has 1 amide bonds. The minimum atomic E-state index is -4.53. The van der Waals surface area contributed by atoms with Crippen molar-refractivity contribution in [3.05, 3.63) is 29.8 Å². The lowest BCUT2D eigenvalue weighted by Gasteiger charge is -2.21. The minimum absolute atomic E-state index is 0.0179. The molecule has 1 aliphatic heterocycles. The fourth-order valence-corrected chi connectivity index (χ4v) is 3.91.